The van der Waals surface area contributed by atoms with E-state index in [0.29, 0.717) is 5.56 Å². The Morgan fingerprint density at radius 2 is 2.00 bits per heavy atom. The fourth-order valence-corrected chi connectivity index (χ4v) is 1.39. The fourth-order valence-electron chi connectivity index (χ4n) is 1.39. The normalized spacial score (nSPS) is 11.2. The monoisotopic (exact) mass is 291 g/mol. The molecule has 0 saturated carbocycles. The van der Waals surface area contributed by atoms with E-state index in [1.54, 1.807) is 13.0 Å². The van der Waals surface area contributed by atoms with Crippen molar-refractivity contribution in [3.8, 4) is 0 Å². The van der Waals surface area contributed by atoms with Crippen molar-refractivity contribution in [1.29, 1.82) is 0 Å². The number of amides is 1. The first-order valence-corrected chi connectivity index (χ1v) is 5.47. The molecule has 1 amide bonds. The van der Waals surface area contributed by atoms with Crippen LogP contribution in [0.5, 0.6) is 0 Å². The highest BCUT2D eigenvalue weighted by Gasteiger charge is 2.27. The first-order chi connectivity index (χ1) is 9.19. The minimum atomic E-state index is -4.52. The van der Waals surface area contributed by atoms with E-state index in [2.05, 4.69) is 10.1 Å². The van der Waals surface area contributed by atoms with Gasteiger partial charge in [-0.1, -0.05) is 11.6 Å². The third-order valence-corrected chi connectivity index (χ3v) is 2.18. The number of nitrogens with one attached hydrogen (secondary N) is 1. The zero-order valence-corrected chi connectivity index (χ0v) is 10.5. The van der Waals surface area contributed by atoms with Crippen molar-refractivity contribution in [3.05, 3.63) is 29.3 Å². The minimum absolute atomic E-state index is 0.00343. The molecule has 0 aliphatic heterocycles. The standard InChI is InChI=1S/C12H12F3NO4/c1-7-2-3-9(8(4-7)11(18)19)16-10(17)5-20-6-12(13,14)15/h2-4H,5-6H2,1H3,(H,16,17)(H,18,19). The number of hydrogen-bond acceptors (Lipinski definition) is 3. The number of alkyl halides is 3. The summed E-state index contributed by atoms with van der Waals surface area (Å²) in [5.74, 6) is -2.11. The Kier molecular flexibility index (Phi) is 5.09. The second kappa shape index (κ2) is 6.38. The first kappa shape index (κ1) is 16.0. The molecule has 0 heterocycles. The van der Waals surface area contributed by atoms with Crippen molar-refractivity contribution < 1.29 is 32.6 Å². The second-order valence-corrected chi connectivity index (χ2v) is 4.01. The van der Waals surface area contributed by atoms with Gasteiger partial charge in [0, 0.05) is 0 Å². The summed E-state index contributed by atoms with van der Waals surface area (Å²) in [6.45, 7) is -0.683. The van der Waals surface area contributed by atoms with E-state index in [0.717, 1.165) is 0 Å². The number of benzene rings is 1. The average Bonchev–Trinajstić information content (AvgIpc) is 2.29. The summed E-state index contributed by atoms with van der Waals surface area (Å²) in [7, 11) is 0. The van der Waals surface area contributed by atoms with Gasteiger partial charge in [-0.25, -0.2) is 4.79 Å². The van der Waals surface area contributed by atoms with E-state index in [-0.39, 0.29) is 11.3 Å². The minimum Gasteiger partial charge on any atom is -0.478 e. The van der Waals surface area contributed by atoms with Gasteiger partial charge < -0.3 is 15.2 Å². The Hall–Kier alpha value is -2.09. The molecule has 110 valence electrons. The first-order valence-electron chi connectivity index (χ1n) is 5.47. The lowest BCUT2D eigenvalue weighted by Crippen LogP contribution is -2.24. The highest BCUT2D eigenvalue weighted by atomic mass is 19.4. The molecule has 0 fully saturated rings. The van der Waals surface area contributed by atoms with Crippen LogP contribution in [-0.4, -0.2) is 36.4 Å². The molecule has 2 N–H and O–H groups in total. The van der Waals surface area contributed by atoms with Gasteiger partial charge in [-0.2, -0.15) is 13.2 Å². The summed E-state index contributed by atoms with van der Waals surface area (Å²) in [6, 6.07) is 4.27. The number of anilines is 1. The molecule has 0 unspecified atom stereocenters. The maximum Gasteiger partial charge on any atom is 0.411 e. The Balaban J connectivity index is 2.64. The van der Waals surface area contributed by atoms with Crippen molar-refractivity contribution in [2.75, 3.05) is 18.5 Å². The predicted molar refractivity (Wildman–Crippen MR) is 63.6 cm³/mol. The van der Waals surface area contributed by atoms with Crippen LogP contribution in [0, 0.1) is 6.92 Å². The quantitative estimate of drug-likeness (QED) is 0.872. The van der Waals surface area contributed by atoms with Gasteiger partial charge in [0.25, 0.3) is 0 Å². The molecule has 5 nitrogen and oxygen atoms in total. The molecule has 1 aromatic carbocycles. The number of carbonyl (C=O) groups excluding carboxylic acids is 1. The summed E-state index contributed by atoms with van der Waals surface area (Å²) in [5.41, 5.74) is 0.534. The zero-order valence-electron chi connectivity index (χ0n) is 10.5. The highest BCUT2D eigenvalue weighted by Crippen LogP contribution is 2.18. The van der Waals surface area contributed by atoms with Crippen LogP contribution in [0.15, 0.2) is 18.2 Å². The van der Waals surface area contributed by atoms with Crippen LogP contribution in [0.4, 0.5) is 18.9 Å². The smallest absolute Gasteiger partial charge is 0.411 e. The molecular weight excluding hydrogens is 279 g/mol. The topological polar surface area (TPSA) is 75.6 Å². The van der Waals surface area contributed by atoms with Crippen molar-refractivity contribution in [2.45, 2.75) is 13.1 Å². The fraction of sp³-hybridized carbons (Fsp3) is 0.333. The number of halogens is 3. The average molecular weight is 291 g/mol. The molecule has 8 heteroatoms. The van der Waals surface area contributed by atoms with E-state index in [1.807, 2.05) is 0 Å². The number of rotatable bonds is 5. The SMILES string of the molecule is Cc1ccc(NC(=O)COCC(F)(F)F)c(C(=O)O)c1. The summed E-state index contributed by atoms with van der Waals surface area (Å²) >= 11 is 0. The summed E-state index contributed by atoms with van der Waals surface area (Å²) in [4.78, 5) is 22.3. The Bertz CT molecular complexity index is 514. The van der Waals surface area contributed by atoms with Gasteiger partial charge >= 0.3 is 12.1 Å². The zero-order chi connectivity index (χ0) is 15.3. The lowest BCUT2D eigenvalue weighted by molar-refractivity contribution is -0.174. The van der Waals surface area contributed by atoms with E-state index >= 15 is 0 Å². The number of hydrogen-bond donors (Lipinski definition) is 2. The van der Waals surface area contributed by atoms with Crippen LogP contribution < -0.4 is 5.32 Å². The number of carboxylic acids is 1. The second-order valence-electron chi connectivity index (χ2n) is 4.01. The lowest BCUT2D eigenvalue weighted by atomic mass is 10.1. The van der Waals surface area contributed by atoms with E-state index in [1.165, 1.54) is 12.1 Å². The van der Waals surface area contributed by atoms with Gasteiger partial charge in [0.15, 0.2) is 0 Å². The molecule has 0 aliphatic carbocycles. The van der Waals surface area contributed by atoms with Crippen molar-refractivity contribution in [2.24, 2.45) is 0 Å². The largest absolute Gasteiger partial charge is 0.478 e. The van der Waals surface area contributed by atoms with Gasteiger partial charge in [-0.05, 0) is 19.1 Å². The summed E-state index contributed by atoms with van der Waals surface area (Å²) in [6.07, 6.45) is -4.52. The maximum absolute atomic E-state index is 11.8. The van der Waals surface area contributed by atoms with Gasteiger partial charge in [0.1, 0.15) is 13.2 Å². The molecule has 0 aromatic heterocycles. The van der Waals surface area contributed by atoms with Gasteiger partial charge in [-0.15, -0.1) is 0 Å². The molecule has 0 saturated heterocycles. The molecule has 1 aromatic rings. The number of aryl methyl sites for hydroxylation is 1. The number of carboxylic acid groups (broad SMARTS) is 1. The highest BCUT2D eigenvalue weighted by molar-refractivity contribution is 6.01. The van der Waals surface area contributed by atoms with Crippen molar-refractivity contribution in [3.63, 3.8) is 0 Å². The number of aromatic carboxylic acids is 1. The van der Waals surface area contributed by atoms with Crippen LogP contribution in [0.3, 0.4) is 0 Å². The molecule has 20 heavy (non-hydrogen) atoms. The van der Waals surface area contributed by atoms with Gasteiger partial charge in [0.05, 0.1) is 11.3 Å². The van der Waals surface area contributed by atoms with E-state index in [9.17, 15) is 22.8 Å². The molecule has 0 spiro atoms. The molecule has 0 atom stereocenters. The Labute approximate surface area is 112 Å². The van der Waals surface area contributed by atoms with Crippen LogP contribution in [-0.2, 0) is 9.53 Å². The number of ether oxygens (including phenoxy) is 1. The van der Waals surface area contributed by atoms with E-state index in [4.69, 9.17) is 5.11 Å². The lowest BCUT2D eigenvalue weighted by Gasteiger charge is -2.10. The van der Waals surface area contributed by atoms with Crippen LogP contribution in [0.1, 0.15) is 15.9 Å². The third-order valence-electron chi connectivity index (χ3n) is 2.18. The van der Waals surface area contributed by atoms with Crippen LogP contribution >= 0.6 is 0 Å². The van der Waals surface area contributed by atoms with E-state index < -0.39 is 31.3 Å². The van der Waals surface area contributed by atoms with Crippen molar-refractivity contribution >= 4 is 17.6 Å². The molecule has 1 rings (SSSR count). The van der Waals surface area contributed by atoms with Crippen LogP contribution in [0.2, 0.25) is 0 Å². The van der Waals surface area contributed by atoms with Gasteiger partial charge in [-0.3, -0.25) is 4.79 Å². The molecule has 0 bridgehead atoms. The Morgan fingerprint density at radius 3 is 2.55 bits per heavy atom. The van der Waals surface area contributed by atoms with Crippen LogP contribution in [0.25, 0.3) is 0 Å². The summed E-state index contributed by atoms with van der Waals surface area (Å²) < 4.78 is 39.6. The van der Waals surface area contributed by atoms with Crippen molar-refractivity contribution in [1.82, 2.24) is 0 Å². The number of carbonyl (C=O) groups is 2. The maximum atomic E-state index is 11.8. The summed E-state index contributed by atoms with van der Waals surface area (Å²) in [5, 5.41) is 11.1. The molecule has 0 radical (unpaired) electrons. The third kappa shape index (κ3) is 5.27. The molecule has 0 aliphatic rings. The van der Waals surface area contributed by atoms with Gasteiger partial charge in [0.2, 0.25) is 5.91 Å². The predicted octanol–water partition coefficient (Wildman–Crippen LogP) is 2.21. The Morgan fingerprint density at radius 1 is 1.35 bits per heavy atom. The molecular formula is C12H12F3NO4.